The van der Waals surface area contributed by atoms with Gasteiger partial charge in [-0.25, -0.2) is 0 Å². The summed E-state index contributed by atoms with van der Waals surface area (Å²) in [5.74, 6) is 0. The summed E-state index contributed by atoms with van der Waals surface area (Å²) in [5.41, 5.74) is 0.327. The summed E-state index contributed by atoms with van der Waals surface area (Å²) in [6.45, 7) is 12.9. The van der Waals surface area contributed by atoms with Crippen LogP contribution in [0.3, 0.4) is 0 Å². The lowest BCUT2D eigenvalue weighted by Crippen LogP contribution is -2.60. The van der Waals surface area contributed by atoms with Gasteiger partial charge in [0.1, 0.15) is 0 Å². The zero-order chi connectivity index (χ0) is 9.41. The Balaban J connectivity index is 2.73. The van der Waals surface area contributed by atoms with E-state index in [9.17, 15) is 0 Å². The summed E-state index contributed by atoms with van der Waals surface area (Å²) in [5, 5.41) is 3.49. The topological polar surface area (TPSA) is 21.3 Å². The fraction of sp³-hybridized carbons (Fsp3) is 1.00. The SMILES string of the molecule is CC(C)(C)C1OCCNC1(C)C. The summed E-state index contributed by atoms with van der Waals surface area (Å²) in [7, 11) is 0. The van der Waals surface area contributed by atoms with Crippen LogP contribution in [-0.4, -0.2) is 24.8 Å². The predicted octanol–water partition coefficient (Wildman–Crippen LogP) is 1.80. The summed E-state index contributed by atoms with van der Waals surface area (Å²) in [4.78, 5) is 0. The molecule has 72 valence electrons. The smallest absolute Gasteiger partial charge is 0.0799 e. The van der Waals surface area contributed by atoms with Crippen LogP contribution >= 0.6 is 0 Å². The molecule has 1 heterocycles. The van der Waals surface area contributed by atoms with Gasteiger partial charge in [-0.05, 0) is 19.3 Å². The first kappa shape index (κ1) is 10.0. The molecule has 0 saturated carbocycles. The van der Waals surface area contributed by atoms with Crippen molar-refractivity contribution in [3.63, 3.8) is 0 Å². The fourth-order valence-corrected chi connectivity index (χ4v) is 2.18. The van der Waals surface area contributed by atoms with E-state index in [-0.39, 0.29) is 11.0 Å². The van der Waals surface area contributed by atoms with Crippen molar-refractivity contribution in [2.45, 2.75) is 46.3 Å². The van der Waals surface area contributed by atoms with Crippen molar-refractivity contribution in [1.29, 1.82) is 0 Å². The second-order valence-electron chi connectivity index (χ2n) is 5.27. The van der Waals surface area contributed by atoms with Crippen LogP contribution in [0.1, 0.15) is 34.6 Å². The quantitative estimate of drug-likeness (QED) is 0.600. The van der Waals surface area contributed by atoms with Gasteiger partial charge in [0.2, 0.25) is 0 Å². The largest absolute Gasteiger partial charge is 0.374 e. The minimum Gasteiger partial charge on any atom is -0.374 e. The molecule has 1 aliphatic rings. The molecule has 0 aromatic carbocycles. The van der Waals surface area contributed by atoms with Gasteiger partial charge in [-0.2, -0.15) is 0 Å². The first-order valence-electron chi connectivity index (χ1n) is 4.71. The van der Waals surface area contributed by atoms with E-state index in [0.717, 1.165) is 13.2 Å². The van der Waals surface area contributed by atoms with E-state index in [1.54, 1.807) is 0 Å². The number of hydrogen-bond donors (Lipinski definition) is 1. The van der Waals surface area contributed by atoms with Gasteiger partial charge in [-0.15, -0.1) is 0 Å². The maximum atomic E-state index is 5.80. The molecule has 0 amide bonds. The number of hydrogen-bond acceptors (Lipinski definition) is 2. The molecule has 0 bridgehead atoms. The zero-order valence-corrected chi connectivity index (χ0v) is 8.90. The van der Waals surface area contributed by atoms with Crippen LogP contribution in [-0.2, 0) is 4.74 Å². The van der Waals surface area contributed by atoms with E-state index in [4.69, 9.17) is 4.74 Å². The zero-order valence-electron chi connectivity index (χ0n) is 8.90. The highest BCUT2D eigenvalue weighted by molar-refractivity contribution is 4.96. The van der Waals surface area contributed by atoms with Crippen molar-refractivity contribution in [2.75, 3.05) is 13.2 Å². The maximum absolute atomic E-state index is 5.80. The molecule has 1 saturated heterocycles. The van der Waals surface area contributed by atoms with E-state index in [1.807, 2.05) is 0 Å². The Morgan fingerprint density at radius 3 is 2.25 bits per heavy atom. The van der Waals surface area contributed by atoms with Crippen molar-refractivity contribution >= 4 is 0 Å². The second kappa shape index (κ2) is 3.00. The fourth-order valence-electron chi connectivity index (χ4n) is 2.18. The summed E-state index contributed by atoms with van der Waals surface area (Å²) in [6, 6.07) is 0. The third kappa shape index (κ3) is 1.99. The summed E-state index contributed by atoms with van der Waals surface area (Å²) in [6.07, 6.45) is 0.304. The Hall–Kier alpha value is -0.0800. The lowest BCUT2D eigenvalue weighted by Gasteiger charge is -2.46. The molecule has 2 nitrogen and oxygen atoms in total. The molecule has 1 atom stereocenters. The standard InChI is InChI=1S/C10H21NO/c1-9(2,3)8-10(4,5)11-6-7-12-8/h8,11H,6-7H2,1-5H3. The number of nitrogens with one attached hydrogen (secondary N) is 1. The molecule has 1 N–H and O–H groups in total. The van der Waals surface area contributed by atoms with Crippen LogP contribution in [0.15, 0.2) is 0 Å². The molecule has 1 rings (SSSR count). The molecule has 0 aromatic rings. The van der Waals surface area contributed by atoms with Gasteiger partial charge in [-0.1, -0.05) is 20.8 Å². The molecule has 0 radical (unpaired) electrons. The van der Waals surface area contributed by atoms with Crippen LogP contribution in [0.5, 0.6) is 0 Å². The Kier molecular flexibility index (Phi) is 2.50. The monoisotopic (exact) mass is 171 g/mol. The van der Waals surface area contributed by atoms with E-state index >= 15 is 0 Å². The molecule has 12 heavy (non-hydrogen) atoms. The average molecular weight is 171 g/mol. The van der Waals surface area contributed by atoms with Gasteiger partial charge in [0.25, 0.3) is 0 Å². The van der Waals surface area contributed by atoms with E-state index < -0.39 is 0 Å². The normalized spacial score (nSPS) is 30.2. The number of morpholine rings is 1. The van der Waals surface area contributed by atoms with Crippen LogP contribution in [0.4, 0.5) is 0 Å². The van der Waals surface area contributed by atoms with Crippen LogP contribution < -0.4 is 5.32 Å². The van der Waals surface area contributed by atoms with Crippen LogP contribution in [0.25, 0.3) is 0 Å². The lowest BCUT2D eigenvalue weighted by molar-refractivity contribution is -0.0937. The minimum absolute atomic E-state index is 0.108. The van der Waals surface area contributed by atoms with Crippen molar-refractivity contribution in [2.24, 2.45) is 5.41 Å². The summed E-state index contributed by atoms with van der Waals surface area (Å²) < 4.78 is 5.80. The Morgan fingerprint density at radius 2 is 1.92 bits per heavy atom. The molecular formula is C10H21NO. The van der Waals surface area contributed by atoms with Gasteiger partial charge < -0.3 is 10.1 Å². The van der Waals surface area contributed by atoms with Gasteiger partial charge >= 0.3 is 0 Å². The van der Waals surface area contributed by atoms with Gasteiger partial charge in [0.05, 0.1) is 12.7 Å². The van der Waals surface area contributed by atoms with Crippen molar-refractivity contribution < 1.29 is 4.74 Å². The number of rotatable bonds is 0. The minimum atomic E-state index is 0.108. The highest BCUT2D eigenvalue weighted by atomic mass is 16.5. The maximum Gasteiger partial charge on any atom is 0.0799 e. The highest BCUT2D eigenvalue weighted by Gasteiger charge is 2.40. The first-order valence-corrected chi connectivity index (χ1v) is 4.71. The predicted molar refractivity (Wildman–Crippen MR) is 51.3 cm³/mol. The molecule has 2 heteroatoms. The molecule has 1 aliphatic heterocycles. The molecule has 1 fully saturated rings. The van der Waals surface area contributed by atoms with Crippen LogP contribution in [0.2, 0.25) is 0 Å². The Bertz CT molecular complexity index is 158. The van der Waals surface area contributed by atoms with E-state index in [0.29, 0.717) is 6.10 Å². The Morgan fingerprint density at radius 1 is 1.33 bits per heavy atom. The molecule has 0 aliphatic carbocycles. The van der Waals surface area contributed by atoms with Crippen molar-refractivity contribution in [1.82, 2.24) is 5.32 Å². The molecule has 0 aromatic heterocycles. The lowest BCUT2D eigenvalue weighted by atomic mass is 9.77. The molecule has 1 unspecified atom stereocenters. The summed E-state index contributed by atoms with van der Waals surface area (Å²) >= 11 is 0. The van der Waals surface area contributed by atoms with E-state index in [2.05, 4.69) is 39.9 Å². The second-order valence-corrected chi connectivity index (χ2v) is 5.27. The van der Waals surface area contributed by atoms with Crippen molar-refractivity contribution in [3.8, 4) is 0 Å². The van der Waals surface area contributed by atoms with Gasteiger partial charge in [0.15, 0.2) is 0 Å². The third-order valence-corrected chi connectivity index (χ3v) is 2.41. The number of ether oxygens (including phenoxy) is 1. The van der Waals surface area contributed by atoms with Crippen LogP contribution in [0, 0.1) is 5.41 Å². The highest BCUT2D eigenvalue weighted by Crippen LogP contribution is 2.32. The Labute approximate surface area is 75.7 Å². The molecule has 0 spiro atoms. The van der Waals surface area contributed by atoms with E-state index in [1.165, 1.54) is 0 Å². The molecular weight excluding hydrogens is 150 g/mol. The third-order valence-electron chi connectivity index (χ3n) is 2.41. The van der Waals surface area contributed by atoms with Gasteiger partial charge in [-0.3, -0.25) is 0 Å². The first-order chi connectivity index (χ1) is 5.34. The van der Waals surface area contributed by atoms with Gasteiger partial charge in [0, 0.05) is 12.1 Å². The van der Waals surface area contributed by atoms with Crippen molar-refractivity contribution in [3.05, 3.63) is 0 Å². The average Bonchev–Trinajstić information content (AvgIpc) is 1.83.